The van der Waals surface area contributed by atoms with Gasteiger partial charge in [0.25, 0.3) is 0 Å². The Morgan fingerprint density at radius 2 is 1.03 bits per heavy atom. The summed E-state index contributed by atoms with van der Waals surface area (Å²) >= 11 is 0. The summed E-state index contributed by atoms with van der Waals surface area (Å²) in [6.07, 6.45) is 4.13. The Bertz CT molecular complexity index is 872. The molecule has 32 heavy (non-hydrogen) atoms. The lowest BCUT2D eigenvalue weighted by molar-refractivity contribution is -0.870. The Hall–Kier alpha value is -2.85. The molecule has 1 N–H and O–H groups in total. The molecule has 1 heterocycles. The van der Waals surface area contributed by atoms with E-state index >= 15 is 0 Å². The smallest absolute Gasteiger partial charge is 0.196 e. The van der Waals surface area contributed by atoms with Crippen LogP contribution < -0.4 is 14.7 Å². The monoisotopic (exact) mass is 432 g/mol. The molecule has 0 amide bonds. The van der Waals surface area contributed by atoms with E-state index in [0.29, 0.717) is 0 Å². The van der Waals surface area contributed by atoms with E-state index in [1.165, 1.54) is 16.3 Å². The van der Waals surface area contributed by atoms with Crippen LogP contribution in [0.5, 0.6) is 0 Å². The predicted octanol–water partition coefficient (Wildman–Crippen LogP) is 3.94. The van der Waals surface area contributed by atoms with Crippen molar-refractivity contribution in [1.82, 2.24) is 0 Å². The fourth-order valence-corrected chi connectivity index (χ4v) is 4.46. The van der Waals surface area contributed by atoms with Gasteiger partial charge in [-0.2, -0.15) is 0 Å². The molecule has 0 radical (unpaired) electrons. The summed E-state index contributed by atoms with van der Waals surface area (Å²) in [5.74, 6) is 0.177. The number of Topliss-reactive ketones (excluding diaryl/α,β-unsaturated/α-hetero) is 1. The van der Waals surface area contributed by atoms with Crippen LogP contribution in [0.1, 0.15) is 38.8 Å². The minimum atomic E-state index is 0.177. The third-order valence-corrected chi connectivity index (χ3v) is 6.29. The van der Waals surface area contributed by atoms with Crippen molar-refractivity contribution in [1.29, 1.82) is 0 Å². The van der Waals surface area contributed by atoms with Crippen LogP contribution in [-0.2, 0) is 4.79 Å². The fourth-order valence-electron chi connectivity index (χ4n) is 4.46. The predicted molar refractivity (Wildman–Crippen MR) is 138 cm³/mol. The minimum absolute atomic E-state index is 0.177. The van der Waals surface area contributed by atoms with E-state index in [9.17, 15) is 4.79 Å². The van der Waals surface area contributed by atoms with E-state index in [1.54, 1.807) is 0 Å². The molecule has 0 unspecified atom stereocenters. The van der Waals surface area contributed by atoms with E-state index in [-0.39, 0.29) is 5.78 Å². The molecule has 2 aromatic rings. The molecule has 1 aliphatic rings. The van der Waals surface area contributed by atoms with Crippen LogP contribution in [0.3, 0.4) is 0 Å². The normalized spacial score (nSPS) is 18.9. The third-order valence-electron chi connectivity index (χ3n) is 6.29. The molecule has 1 fully saturated rings. The van der Waals surface area contributed by atoms with Crippen molar-refractivity contribution < 1.29 is 9.69 Å². The molecule has 3 rings (SSSR count). The number of likely N-dealkylation sites (tertiary alicyclic amines) is 1. The van der Waals surface area contributed by atoms with Crippen LogP contribution in [-0.4, -0.2) is 52.1 Å². The molecule has 0 atom stereocenters. The van der Waals surface area contributed by atoms with Gasteiger partial charge in [-0.05, 0) is 75.2 Å². The Morgan fingerprint density at radius 3 is 1.34 bits per heavy atom. The van der Waals surface area contributed by atoms with Crippen LogP contribution >= 0.6 is 0 Å². The number of likely N-dealkylation sites (N-methyl/N-ethyl adjacent to an activating group) is 1. The highest BCUT2D eigenvalue weighted by molar-refractivity contribution is 6.14. The summed E-state index contributed by atoms with van der Waals surface area (Å²) in [5.41, 5.74) is 6.39. The van der Waals surface area contributed by atoms with E-state index in [1.807, 2.05) is 0 Å². The molecule has 4 nitrogen and oxygen atoms in total. The summed E-state index contributed by atoms with van der Waals surface area (Å²) in [6, 6.07) is 17.1. The number of quaternary nitrogens is 1. The second kappa shape index (κ2) is 11.1. The number of nitrogens with zero attached hydrogens (tertiary/aromatic N) is 2. The highest BCUT2D eigenvalue weighted by atomic mass is 16.1. The first-order valence-electron chi connectivity index (χ1n) is 12.0. The zero-order valence-electron chi connectivity index (χ0n) is 20.3. The number of hydrogen-bond donors (Lipinski definition) is 1. The van der Waals surface area contributed by atoms with Gasteiger partial charge in [0.15, 0.2) is 5.78 Å². The van der Waals surface area contributed by atoms with Gasteiger partial charge < -0.3 is 14.7 Å². The molecule has 1 aliphatic heterocycles. The number of rotatable bonds is 8. The van der Waals surface area contributed by atoms with Crippen molar-refractivity contribution in [2.75, 3.05) is 56.1 Å². The summed E-state index contributed by atoms with van der Waals surface area (Å²) < 4.78 is 0. The largest absolute Gasteiger partial charge is 0.372 e. The Labute approximate surface area is 193 Å². The van der Waals surface area contributed by atoms with Gasteiger partial charge in [0.05, 0.1) is 18.2 Å². The minimum Gasteiger partial charge on any atom is -0.372 e. The lowest BCUT2D eigenvalue weighted by Gasteiger charge is -2.24. The molecule has 0 aliphatic carbocycles. The number of carbonyl (C=O) groups excluding carboxylic acids is 1. The van der Waals surface area contributed by atoms with E-state index in [0.717, 1.165) is 61.5 Å². The van der Waals surface area contributed by atoms with Gasteiger partial charge in [-0.25, -0.2) is 0 Å². The quantitative estimate of drug-likeness (QED) is 0.641. The molecule has 0 spiro atoms. The maximum absolute atomic E-state index is 13.2. The average molecular weight is 433 g/mol. The van der Waals surface area contributed by atoms with Crippen molar-refractivity contribution in [3.05, 3.63) is 70.8 Å². The number of ketones is 1. The molecule has 0 saturated carbocycles. The summed E-state index contributed by atoms with van der Waals surface area (Å²) in [5, 5.41) is 0. The number of carbonyl (C=O) groups is 1. The first-order valence-corrected chi connectivity index (χ1v) is 12.0. The maximum Gasteiger partial charge on any atom is 0.196 e. The van der Waals surface area contributed by atoms with Gasteiger partial charge in [-0.3, -0.25) is 4.79 Å². The van der Waals surface area contributed by atoms with Crippen LogP contribution in [0.2, 0.25) is 0 Å². The second-order valence-corrected chi connectivity index (χ2v) is 8.51. The van der Waals surface area contributed by atoms with E-state index in [4.69, 9.17) is 0 Å². The van der Waals surface area contributed by atoms with Gasteiger partial charge in [0.2, 0.25) is 0 Å². The van der Waals surface area contributed by atoms with Gasteiger partial charge in [-0.1, -0.05) is 24.3 Å². The van der Waals surface area contributed by atoms with Crippen molar-refractivity contribution in [3.8, 4) is 0 Å². The molecule has 1 saturated heterocycles. The lowest BCUT2D eigenvalue weighted by atomic mass is 9.94. The Kier molecular flexibility index (Phi) is 8.29. The van der Waals surface area contributed by atoms with Crippen LogP contribution in [0, 0.1) is 0 Å². The standard InChI is InChI=1S/C28H37N3O/c1-6-30(7-2)26-14-10-22(11-15-26)18-24-20-29(5)21-25(28(24)32)19-23-12-16-27(17-13-23)31(8-3)9-4/h10-19H,6-9,20-21H2,1-5H3/p+1/b24-18+,25-19+. The zero-order chi connectivity index (χ0) is 23.1. The highest BCUT2D eigenvalue weighted by Gasteiger charge is 2.27. The van der Waals surface area contributed by atoms with Crippen molar-refractivity contribution in [3.63, 3.8) is 0 Å². The summed E-state index contributed by atoms with van der Waals surface area (Å²) in [7, 11) is 2.15. The van der Waals surface area contributed by atoms with Crippen LogP contribution in [0.25, 0.3) is 12.2 Å². The van der Waals surface area contributed by atoms with Crippen LogP contribution in [0.4, 0.5) is 11.4 Å². The first-order chi connectivity index (χ1) is 15.5. The molecule has 2 aromatic carbocycles. The first kappa shape index (κ1) is 23.8. The molecular weight excluding hydrogens is 394 g/mol. The summed E-state index contributed by atoms with van der Waals surface area (Å²) in [4.78, 5) is 19.2. The molecule has 170 valence electrons. The highest BCUT2D eigenvalue weighted by Crippen LogP contribution is 2.21. The van der Waals surface area contributed by atoms with E-state index in [2.05, 4.69) is 105 Å². The second-order valence-electron chi connectivity index (χ2n) is 8.51. The molecule has 4 heteroatoms. The molecule has 0 aromatic heterocycles. The van der Waals surface area contributed by atoms with Gasteiger partial charge in [0.1, 0.15) is 13.1 Å². The third kappa shape index (κ3) is 5.68. The van der Waals surface area contributed by atoms with Crippen LogP contribution in [0.15, 0.2) is 59.7 Å². The maximum atomic E-state index is 13.2. The van der Waals surface area contributed by atoms with Crippen molar-refractivity contribution in [2.24, 2.45) is 0 Å². The van der Waals surface area contributed by atoms with Crippen molar-refractivity contribution >= 4 is 29.3 Å². The lowest BCUT2D eigenvalue weighted by Crippen LogP contribution is -3.10. The number of hydrogen-bond acceptors (Lipinski definition) is 3. The fraction of sp³-hybridized carbons (Fsp3) is 0.393. The number of piperidine rings is 1. The number of anilines is 2. The molecular formula is C28H38N3O+. The average Bonchev–Trinajstić information content (AvgIpc) is 2.80. The number of nitrogens with one attached hydrogen (secondary N) is 1. The number of benzene rings is 2. The van der Waals surface area contributed by atoms with Crippen molar-refractivity contribution in [2.45, 2.75) is 27.7 Å². The Balaban J connectivity index is 1.81. The van der Waals surface area contributed by atoms with E-state index < -0.39 is 0 Å². The molecule has 0 bridgehead atoms. The van der Waals surface area contributed by atoms with Gasteiger partial charge >= 0.3 is 0 Å². The zero-order valence-corrected chi connectivity index (χ0v) is 20.3. The topological polar surface area (TPSA) is 28.0 Å². The van der Waals surface area contributed by atoms with Gasteiger partial charge in [-0.15, -0.1) is 0 Å². The van der Waals surface area contributed by atoms with Gasteiger partial charge in [0, 0.05) is 37.6 Å². The SMILES string of the molecule is CCN(CC)c1ccc(/C=C2\C[NH+](C)C/C(=C\c3ccc(N(CC)CC)cc3)C2=O)cc1. The summed E-state index contributed by atoms with van der Waals surface area (Å²) in [6.45, 7) is 14.2. The Morgan fingerprint density at radius 1 is 0.688 bits per heavy atom.